The van der Waals surface area contributed by atoms with Crippen LogP contribution in [0.2, 0.25) is 0 Å². The number of nitrogens with zero attached hydrogens (tertiary/aromatic N) is 1. The quantitative estimate of drug-likeness (QED) is 0.377. The van der Waals surface area contributed by atoms with Crippen LogP contribution in [0.15, 0.2) is 35.4 Å². The van der Waals surface area contributed by atoms with E-state index in [1.165, 1.54) is 6.08 Å². The van der Waals surface area contributed by atoms with E-state index in [0.717, 1.165) is 5.69 Å². The summed E-state index contributed by atoms with van der Waals surface area (Å²) in [4.78, 5) is 9.62. The number of isocyanates is 1. The van der Waals surface area contributed by atoms with E-state index >= 15 is 0 Å². The molecular weight excluding hydrogens is 128 g/mol. The molecule has 0 bridgehead atoms. The monoisotopic (exact) mass is 134 g/mol. The van der Waals surface area contributed by atoms with Gasteiger partial charge in [0, 0.05) is 0 Å². The van der Waals surface area contributed by atoms with Gasteiger partial charge in [0.2, 0.25) is 0 Å². The van der Waals surface area contributed by atoms with E-state index in [1.807, 2.05) is 18.2 Å². The Kier molecular flexibility index (Phi) is 2.24. The highest BCUT2D eigenvalue weighted by Gasteiger charge is 1.82. The van der Waals surface area contributed by atoms with E-state index in [-0.39, 0.29) is 0 Å². The Morgan fingerprint density at radius 2 is 2.00 bits per heavy atom. The first kappa shape index (κ1) is 6.52. The number of hydrogen-bond acceptors (Lipinski definition) is 3. The number of carbonyl (C=O) groups excluding carboxylic acids is 1. The zero-order valence-corrected chi connectivity index (χ0v) is 5.24. The van der Waals surface area contributed by atoms with Gasteiger partial charge in [-0.15, -0.1) is 0 Å². The summed E-state index contributed by atoms with van der Waals surface area (Å²) in [6.45, 7) is 0. The highest BCUT2D eigenvalue weighted by atomic mass is 16.1. The zero-order valence-electron chi connectivity index (χ0n) is 5.24. The average Bonchev–Trinajstić information content (AvgIpc) is 2.03. The van der Waals surface area contributed by atoms with Gasteiger partial charge in [-0.25, -0.2) is 4.79 Å². The first-order chi connectivity index (χ1) is 4.93. The number of hydrazone groups is 1. The molecule has 0 aromatic heterocycles. The van der Waals surface area contributed by atoms with Crippen LogP contribution in [0.5, 0.6) is 0 Å². The van der Waals surface area contributed by atoms with E-state index in [9.17, 15) is 4.79 Å². The van der Waals surface area contributed by atoms with Crippen molar-refractivity contribution in [2.75, 3.05) is 5.43 Å². The smallest absolute Gasteiger partial charge is 0.258 e. The zero-order chi connectivity index (χ0) is 7.23. The lowest BCUT2D eigenvalue weighted by atomic mass is 10.3. The summed E-state index contributed by atoms with van der Waals surface area (Å²) >= 11 is 0. The van der Waals surface area contributed by atoms with Crippen molar-refractivity contribution in [3.63, 3.8) is 0 Å². The summed E-state index contributed by atoms with van der Waals surface area (Å²) in [7, 11) is 0. The van der Waals surface area contributed by atoms with Crippen molar-refractivity contribution in [3.05, 3.63) is 30.3 Å². The first-order valence-corrected chi connectivity index (χ1v) is 2.81. The van der Waals surface area contributed by atoms with Gasteiger partial charge in [-0.3, -0.25) is 5.43 Å². The molecule has 1 aromatic carbocycles. The number of anilines is 1. The van der Waals surface area contributed by atoms with Crippen LogP contribution in [-0.4, -0.2) is 6.08 Å². The van der Waals surface area contributed by atoms with Crippen LogP contribution in [-0.2, 0) is 4.79 Å². The maximum Gasteiger partial charge on any atom is 0.258 e. The minimum atomic E-state index is 0.783. The van der Waals surface area contributed by atoms with Crippen LogP contribution in [0, 0.1) is 0 Å². The molecule has 1 rings (SSSR count). The fraction of sp³-hybridized carbons (Fsp3) is 0. The third kappa shape index (κ3) is 1.73. The fourth-order valence-electron chi connectivity index (χ4n) is 0.600. The molecule has 0 radical (unpaired) electrons. The normalized spacial score (nSPS) is 8.00. The Morgan fingerprint density at radius 1 is 1.30 bits per heavy atom. The van der Waals surface area contributed by atoms with Gasteiger partial charge in [0.25, 0.3) is 6.08 Å². The molecule has 50 valence electrons. The Labute approximate surface area is 58.4 Å². The maximum absolute atomic E-state index is 9.62. The molecule has 0 saturated heterocycles. The van der Waals surface area contributed by atoms with Gasteiger partial charge in [0.05, 0.1) is 5.69 Å². The fourth-order valence-corrected chi connectivity index (χ4v) is 0.600. The molecule has 0 aliphatic carbocycles. The molecule has 0 saturated carbocycles. The van der Waals surface area contributed by atoms with Crippen LogP contribution in [0.3, 0.4) is 0 Å². The van der Waals surface area contributed by atoms with Crippen LogP contribution < -0.4 is 5.43 Å². The van der Waals surface area contributed by atoms with Crippen LogP contribution in [0.25, 0.3) is 0 Å². The predicted octanol–water partition coefficient (Wildman–Crippen LogP) is 1.35. The number of nitrogens with one attached hydrogen (secondary N) is 1. The van der Waals surface area contributed by atoms with Gasteiger partial charge < -0.3 is 0 Å². The summed E-state index contributed by atoms with van der Waals surface area (Å²) in [5.41, 5.74) is 3.28. The van der Waals surface area contributed by atoms with Gasteiger partial charge in [0.15, 0.2) is 0 Å². The first-order valence-electron chi connectivity index (χ1n) is 2.81. The number of hydrogen-bond donors (Lipinski definition) is 1. The maximum atomic E-state index is 9.62. The lowest BCUT2D eigenvalue weighted by molar-refractivity contribution is 0.564. The summed E-state index contributed by atoms with van der Waals surface area (Å²) in [6, 6.07) is 9.20. The Hall–Kier alpha value is -1.60. The van der Waals surface area contributed by atoms with E-state index in [0.29, 0.717) is 0 Å². The standard InChI is InChI=1S/C7H6N2O/c10-6-8-9-7-4-2-1-3-5-7/h1-5,9H. The van der Waals surface area contributed by atoms with Crippen LogP contribution >= 0.6 is 0 Å². The second-order valence-corrected chi connectivity index (χ2v) is 1.68. The summed E-state index contributed by atoms with van der Waals surface area (Å²) in [5, 5.41) is 3.19. The molecule has 0 atom stereocenters. The molecule has 1 N–H and O–H groups in total. The molecule has 0 aliphatic heterocycles. The molecule has 1 aromatic rings. The lowest BCUT2D eigenvalue weighted by Gasteiger charge is -1.93. The summed E-state index contributed by atoms with van der Waals surface area (Å²) in [6.07, 6.45) is 1.38. The third-order valence-electron chi connectivity index (χ3n) is 1.00. The van der Waals surface area contributed by atoms with E-state index in [4.69, 9.17) is 0 Å². The number of para-hydroxylation sites is 1. The molecule has 0 heterocycles. The predicted molar refractivity (Wildman–Crippen MR) is 38.2 cm³/mol. The van der Waals surface area contributed by atoms with Gasteiger partial charge in [0.1, 0.15) is 0 Å². The third-order valence-corrected chi connectivity index (χ3v) is 1.00. The van der Waals surface area contributed by atoms with Gasteiger partial charge >= 0.3 is 0 Å². The largest absolute Gasteiger partial charge is 0.267 e. The molecule has 10 heavy (non-hydrogen) atoms. The van der Waals surface area contributed by atoms with Crippen LogP contribution in [0.1, 0.15) is 0 Å². The van der Waals surface area contributed by atoms with Crippen LogP contribution in [0.4, 0.5) is 5.69 Å². The van der Waals surface area contributed by atoms with Gasteiger partial charge in [-0.2, -0.15) is 0 Å². The minimum absolute atomic E-state index is 0.783. The number of rotatable bonds is 2. The second-order valence-electron chi connectivity index (χ2n) is 1.68. The van der Waals surface area contributed by atoms with Gasteiger partial charge in [-0.1, -0.05) is 23.3 Å². The highest BCUT2D eigenvalue weighted by molar-refractivity contribution is 5.45. The summed E-state index contributed by atoms with van der Waals surface area (Å²) < 4.78 is 0. The Bertz CT molecular complexity index is 239. The van der Waals surface area contributed by atoms with Crippen molar-refractivity contribution < 1.29 is 4.79 Å². The SMILES string of the molecule is O=C=NNc1ccccc1. The molecule has 3 nitrogen and oxygen atoms in total. The molecule has 0 unspecified atom stereocenters. The molecular formula is C7H6N2O. The van der Waals surface area contributed by atoms with Crippen molar-refractivity contribution in [3.8, 4) is 0 Å². The molecule has 0 fully saturated rings. The van der Waals surface area contributed by atoms with Crippen molar-refractivity contribution in [1.29, 1.82) is 0 Å². The van der Waals surface area contributed by atoms with E-state index < -0.39 is 0 Å². The van der Waals surface area contributed by atoms with Crippen molar-refractivity contribution in [2.24, 2.45) is 5.10 Å². The second kappa shape index (κ2) is 3.43. The molecule has 3 heteroatoms. The summed E-state index contributed by atoms with van der Waals surface area (Å²) in [5.74, 6) is 0. The highest BCUT2D eigenvalue weighted by Crippen LogP contribution is 2.03. The topological polar surface area (TPSA) is 41.5 Å². The molecule has 0 spiro atoms. The Balaban J connectivity index is 2.67. The average molecular weight is 134 g/mol. The Morgan fingerprint density at radius 3 is 2.60 bits per heavy atom. The van der Waals surface area contributed by atoms with Crippen molar-refractivity contribution in [2.45, 2.75) is 0 Å². The molecule has 0 amide bonds. The van der Waals surface area contributed by atoms with Gasteiger partial charge in [-0.05, 0) is 12.1 Å². The van der Waals surface area contributed by atoms with Crippen molar-refractivity contribution >= 4 is 11.8 Å². The van der Waals surface area contributed by atoms with E-state index in [1.54, 1.807) is 12.1 Å². The number of benzene rings is 1. The minimum Gasteiger partial charge on any atom is -0.267 e. The lowest BCUT2D eigenvalue weighted by Crippen LogP contribution is -1.84. The van der Waals surface area contributed by atoms with E-state index in [2.05, 4.69) is 10.5 Å². The molecule has 0 aliphatic rings. The van der Waals surface area contributed by atoms with Crippen molar-refractivity contribution in [1.82, 2.24) is 0 Å².